The maximum absolute atomic E-state index is 11.8. The summed E-state index contributed by atoms with van der Waals surface area (Å²) in [5.74, 6) is 0.959. The molecule has 0 aromatic carbocycles. The van der Waals surface area contributed by atoms with Gasteiger partial charge in [0.25, 0.3) is 0 Å². The fourth-order valence-electron chi connectivity index (χ4n) is 2.69. The highest BCUT2D eigenvalue weighted by atomic mass is 32.1. The number of carbonyl (C=O) groups is 1. The van der Waals surface area contributed by atoms with Crippen LogP contribution in [0.1, 0.15) is 38.0 Å². The molecule has 1 fully saturated rings. The monoisotopic (exact) mass is 294 g/mol. The largest absolute Gasteiger partial charge is 0.356 e. The number of likely N-dealkylation sites (tertiary alicyclic amines) is 1. The topological polar surface area (TPSA) is 32.3 Å². The first-order chi connectivity index (χ1) is 9.69. The van der Waals surface area contributed by atoms with Gasteiger partial charge in [-0.05, 0) is 43.2 Å². The van der Waals surface area contributed by atoms with E-state index in [0.29, 0.717) is 5.92 Å². The molecule has 1 aliphatic heterocycles. The summed E-state index contributed by atoms with van der Waals surface area (Å²) in [6.45, 7) is 8.26. The maximum atomic E-state index is 11.8. The summed E-state index contributed by atoms with van der Waals surface area (Å²) in [6, 6.07) is 4.33. The fraction of sp³-hybridized carbons (Fsp3) is 0.688. The Morgan fingerprint density at radius 2 is 2.45 bits per heavy atom. The molecule has 20 heavy (non-hydrogen) atoms. The Balaban J connectivity index is 1.74. The first kappa shape index (κ1) is 15.5. The summed E-state index contributed by atoms with van der Waals surface area (Å²) >= 11 is 1.83. The predicted molar refractivity (Wildman–Crippen MR) is 84.8 cm³/mol. The molecule has 0 bridgehead atoms. The van der Waals surface area contributed by atoms with Gasteiger partial charge in [-0.1, -0.05) is 19.9 Å². The first-order valence-corrected chi connectivity index (χ1v) is 8.59. The van der Waals surface area contributed by atoms with Crippen molar-refractivity contribution in [3.8, 4) is 0 Å². The van der Waals surface area contributed by atoms with Gasteiger partial charge in [0.05, 0.1) is 0 Å². The molecule has 4 heteroatoms. The summed E-state index contributed by atoms with van der Waals surface area (Å²) in [6.07, 6.45) is 3.40. The number of nitrogens with zero attached hydrogens (tertiary/aromatic N) is 1. The molecule has 0 radical (unpaired) electrons. The van der Waals surface area contributed by atoms with Gasteiger partial charge in [0.1, 0.15) is 0 Å². The third-order valence-electron chi connectivity index (χ3n) is 4.19. The van der Waals surface area contributed by atoms with E-state index in [-0.39, 0.29) is 11.8 Å². The fourth-order valence-corrected chi connectivity index (χ4v) is 3.44. The van der Waals surface area contributed by atoms with Crippen LogP contribution in [0.3, 0.4) is 0 Å². The Labute approximate surface area is 126 Å². The highest BCUT2D eigenvalue weighted by Gasteiger charge is 2.21. The molecule has 1 amide bonds. The zero-order valence-corrected chi connectivity index (χ0v) is 13.4. The van der Waals surface area contributed by atoms with E-state index >= 15 is 0 Å². The average molecular weight is 294 g/mol. The minimum Gasteiger partial charge on any atom is -0.356 e. The van der Waals surface area contributed by atoms with Gasteiger partial charge < -0.3 is 5.32 Å². The van der Waals surface area contributed by atoms with Crippen molar-refractivity contribution >= 4 is 17.2 Å². The van der Waals surface area contributed by atoms with Gasteiger partial charge in [-0.15, -0.1) is 11.3 Å². The van der Waals surface area contributed by atoms with Gasteiger partial charge in [-0.2, -0.15) is 0 Å². The van der Waals surface area contributed by atoms with Crippen LogP contribution in [-0.2, 0) is 11.3 Å². The van der Waals surface area contributed by atoms with Gasteiger partial charge in [0.2, 0.25) is 5.91 Å². The van der Waals surface area contributed by atoms with Crippen LogP contribution < -0.4 is 5.32 Å². The minimum absolute atomic E-state index is 0.140. The maximum Gasteiger partial charge on any atom is 0.222 e. The van der Waals surface area contributed by atoms with Crippen molar-refractivity contribution in [2.75, 3.05) is 19.6 Å². The SMILES string of the molecule is CC[C@@H](C)C(=O)NC[C@H]1CCCN(Cc2cccs2)C1. The lowest BCUT2D eigenvalue weighted by atomic mass is 9.97. The number of rotatable bonds is 6. The molecule has 2 heterocycles. The predicted octanol–water partition coefficient (Wildman–Crippen LogP) is 3.12. The summed E-state index contributed by atoms with van der Waals surface area (Å²) in [5, 5.41) is 5.26. The van der Waals surface area contributed by atoms with Gasteiger partial charge in [0, 0.05) is 30.4 Å². The summed E-state index contributed by atoms with van der Waals surface area (Å²) in [4.78, 5) is 15.8. The van der Waals surface area contributed by atoms with Crippen LogP contribution in [0.4, 0.5) is 0 Å². The normalized spacial score (nSPS) is 21.6. The van der Waals surface area contributed by atoms with Gasteiger partial charge in [-0.3, -0.25) is 9.69 Å². The van der Waals surface area contributed by atoms with E-state index in [9.17, 15) is 4.79 Å². The summed E-state index contributed by atoms with van der Waals surface area (Å²) < 4.78 is 0. The zero-order chi connectivity index (χ0) is 14.4. The van der Waals surface area contributed by atoms with Gasteiger partial charge >= 0.3 is 0 Å². The highest BCUT2D eigenvalue weighted by molar-refractivity contribution is 7.09. The molecule has 2 atom stereocenters. The van der Waals surface area contributed by atoms with Crippen molar-refractivity contribution in [1.29, 1.82) is 0 Å². The third kappa shape index (κ3) is 4.60. The van der Waals surface area contributed by atoms with Crippen LogP contribution >= 0.6 is 11.3 Å². The molecule has 1 saturated heterocycles. The van der Waals surface area contributed by atoms with Crippen molar-refractivity contribution in [3.05, 3.63) is 22.4 Å². The molecule has 1 aliphatic rings. The Morgan fingerprint density at radius 3 is 3.15 bits per heavy atom. The number of amides is 1. The highest BCUT2D eigenvalue weighted by Crippen LogP contribution is 2.20. The second-order valence-electron chi connectivity index (χ2n) is 5.88. The van der Waals surface area contributed by atoms with Crippen molar-refractivity contribution < 1.29 is 4.79 Å². The smallest absolute Gasteiger partial charge is 0.222 e. The van der Waals surface area contributed by atoms with Gasteiger partial charge in [-0.25, -0.2) is 0 Å². The molecule has 0 aliphatic carbocycles. The summed E-state index contributed by atoms with van der Waals surface area (Å²) in [5.41, 5.74) is 0. The summed E-state index contributed by atoms with van der Waals surface area (Å²) in [7, 11) is 0. The molecular formula is C16H26N2OS. The molecule has 0 spiro atoms. The van der Waals surface area contributed by atoms with Gasteiger partial charge in [0.15, 0.2) is 0 Å². The van der Waals surface area contributed by atoms with Crippen molar-refractivity contribution in [2.45, 2.75) is 39.7 Å². The van der Waals surface area contributed by atoms with Crippen LogP contribution in [0, 0.1) is 11.8 Å². The average Bonchev–Trinajstić information content (AvgIpc) is 2.97. The number of hydrogen-bond donors (Lipinski definition) is 1. The van der Waals surface area contributed by atoms with Crippen molar-refractivity contribution in [3.63, 3.8) is 0 Å². The Hall–Kier alpha value is -0.870. The number of carbonyl (C=O) groups excluding carboxylic acids is 1. The number of piperidine rings is 1. The van der Waals surface area contributed by atoms with Crippen molar-refractivity contribution in [2.24, 2.45) is 11.8 Å². The number of thiophene rings is 1. The Bertz CT molecular complexity index is 405. The first-order valence-electron chi connectivity index (χ1n) is 7.71. The Kier molecular flexibility index (Phi) is 6.05. The van der Waals surface area contributed by atoms with Crippen LogP contribution in [0.25, 0.3) is 0 Å². The molecule has 3 nitrogen and oxygen atoms in total. The van der Waals surface area contributed by atoms with Crippen LogP contribution in [-0.4, -0.2) is 30.4 Å². The van der Waals surface area contributed by atoms with Crippen LogP contribution in [0.2, 0.25) is 0 Å². The second kappa shape index (κ2) is 7.79. The van der Waals surface area contributed by atoms with E-state index in [4.69, 9.17) is 0 Å². The number of hydrogen-bond acceptors (Lipinski definition) is 3. The number of nitrogens with one attached hydrogen (secondary N) is 1. The molecule has 1 aromatic heterocycles. The third-order valence-corrected chi connectivity index (χ3v) is 5.05. The van der Waals surface area contributed by atoms with Crippen LogP contribution in [0.15, 0.2) is 17.5 Å². The van der Waals surface area contributed by atoms with E-state index < -0.39 is 0 Å². The zero-order valence-electron chi connectivity index (χ0n) is 12.6. The second-order valence-corrected chi connectivity index (χ2v) is 6.91. The van der Waals surface area contributed by atoms with E-state index in [1.165, 1.54) is 24.3 Å². The van der Waals surface area contributed by atoms with E-state index in [1.54, 1.807) is 0 Å². The van der Waals surface area contributed by atoms with E-state index in [0.717, 1.165) is 26.1 Å². The molecule has 1 N–H and O–H groups in total. The standard InChI is InChI=1S/C16H26N2OS/c1-3-13(2)16(19)17-10-14-6-4-8-18(11-14)12-15-7-5-9-20-15/h5,7,9,13-14H,3-4,6,8,10-12H2,1-2H3,(H,17,19)/t13-,14-/m1/s1. The molecular weight excluding hydrogens is 268 g/mol. The molecule has 2 rings (SSSR count). The lowest BCUT2D eigenvalue weighted by Crippen LogP contribution is -2.41. The molecule has 1 aromatic rings. The van der Waals surface area contributed by atoms with Crippen LogP contribution in [0.5, 0.6) is 0 Å². The van der Waals surface area contributed by atoms with Crippen molar-refractivity contribution in [1.82, 2.24) is 10.2 Å². The molecule has 0 saturated carbocycles. The lowest BCUT2D eigenvalue weighted by molar-refractivity contribution is -0.124. The molecule has 112 valence electrons. The lowest BCUT2D eigenvalue weighted by Gasteiger charge is -2.32. The minimum atomic E-state index is 0.140. The Morgan fingerprint density at radius 1 is 1.60 bits per heavy atom. The molecule has 0 unspecified atom stereocenters. The van der Waals surface area contributed by atoms with E-state index in [1.807, 2.05) is 18.3 Å². The quantitative estimate of drug-likeness (QED) is 0.874. The van der Waals surface area contributed by atoms with E-state index in [2.05, 4.69) is 34.7 Å².